The fraction of sp³-hybridized carbons (Fsp3) is 0.138. The van der Waals surface area contributed by atoms with Crippen molar-refractivity contribution >= 4 is 46.3 Å². The molecule has 0 unspecified atom stereocenters. The molecule has 0 radical (unpaired) electrons. The van der Waals surface area contributed by atoms with Crippen LogP contribution in [0.5, 0.6) is 0 Å². The second-order valence-electron chi connectivity index (χ2n) is 16.1. The molecule has 8 aromatic carbocycles. The average molecular weight is 779 g/mol. The van der Waals surface area contributed by atoms with Crippen molar-refractivity contribution in [3.05, 3.63) is 238 Å². The summed E-state index contributed by atoms with van der Waals surface area (Å²) in [6.07, 6.45) is 6.40. The first-order chi connectivity index (χ1) is 29.2. The van der Waals surface area contributed by atoms with E-state index < -0.39 is 0 Å². The van der Waals surface area contributed by atoms with Crippen LogP contribution in [0, 0.1) is 41.5 Å². The third-order valence-corrected chi connectivity index (χ3v) is 11.7. The van der Waals surface area contributed by atoms with Crippen LogP contribution in [-0.4, -0.2) is 0 Å². The van der Waals surface area contributed by atoms with E-state index in [1.807, 2.05) is 0 Å². The number of anilines is 6. The van der Waals surface area contributed by atoms with E-state index in [2.05, 4.69) is 245 Å². The Kier molecular flexibility index (Phi) is 11.9. The molecule has 8 aromatic rings. The smallest absolute Gasteiger partial charge is 0.0520 e. The molecule has 0 aliphatic carbocycles. The molecule has 0 bridgehead atoms. The summed E-state index contributed by atoms with van der Waals surface area (Å²) in [5.41, 5.74) is 22.0. The Labute approximate surface area is 357 Å². The Hall–Kier alpha value is -6.90. The second kappa shape index (κ2) is 17.9. The molecule has 0 aliphatic heterocycles. The lowest BCUT2D eigenvalue weighted by atomic mass is 9.97. The summed E-state index contributed by atoms with van der Waals surface area (Å²) in [4.78, 5) is 4.88. The van der Waals surface area contributed by atoms with Crippen molar-refractivity contribution in [2.24, 2.45) is 0 Å². The molecule has 2 heteroatoms. The monoisotopic (exact) mass is 778 g/mol. The Morgan fingerprint density at radius 1 is 0.333 bits per heavy atom. The molecular weight excluding hydrogens is 725 g/mol. The zero-order valence-corrected chi connectivity index (χ0v) is 35.8. The van der Waals surface area contributed by atoms with Gasteiger partial charge in [0.05, 0.1) is 11.4 Å². The lowest BCUT2D eigenvalue weighted by molar-refractivity contribution is 0.960. The van der Waals surface area contributed by atoms with Gasteiger partial charge in [-0.25, -0.2) is 0 Å². The molecule has 60 heavy (non-hydrogen) atoms. The molecule has 0 atom stereocenters. The molecule has 296 valence electrons. The standard InChI is InChI=1S/C58H54N2/c1-41-15-13-16-42(2)57(41)59(53-33-27-49(28-34-53)25-23-47-19-9-7-10-20-47)55-37-31-51(39-45(55)5)52-32-38-56(46(6)40-52)60(58-43(3)17-14-18-44(58)4)54-35-29-50(30-36-54)26-24-48-21-11-8-12-22-48/h7-23,25,27-40H,24,26H2,1-6H3. The summed E-state index contributed by atoms with van der Waals surface area (Å²) in [5, 5.41) is 0. The quantitative estimate of drug-likeness (QED) is 0.114. The lowest BCUT2D eigenvalue weighted by Crippen LogP contribution is -2.14. The SMILES string of the molecule is Cc1cc(-c2ccc(N(c3ccc(CCc4ccccc4)cc3)c3c(C)cccc3C)c(C)c2)ccc1N(c1ccc(C=Cc2ccccc2)cc1)c1c(C)cccc1C. The van der Waals surface area contributed by atoms with Gasteiger partial charge in [-0.1, -0.05) is 146 Å². The summed E-state index contributed by atoms with van der Waals surface area (Å²) >= 11 is 0. The van der Waals surface area contributed by atoms with E-state index in [0.717, 1.165) is 18.5 Å². The van der Waals surface area contributed by atoms with Gasteiger partial charge in [0.2, 0.25) is 0 Å². The summed E-state index contributed by atoms with van der Waals surface area (Å²) in [6, 6.07) is 66.3. The number of benzene rings is 8. The molecule has 0 aliphatic rings. The van der Waals surface area contributed by atoms with E-state index in [1.54, 1.807) is 0 Å². The predicted octanol–water partition coefficient (Wildman–Crippen LogP) is 16.1. The first kappa shape index (κ1) is 39.9. The molecule has 0 heterocycles. The molecule has 2 nitrogen and oxygen atoms in total. The maximum atomic E-state index is 2.45. The largest absolute Gasteiger partial charge is 0.310 e. The average Bonchev–Trinajstić information content (AvgIpc) is 3.26. The molecular formula is C58H54N2. The molecule has 0 amide bonds. The molecule has 0 N–H and O–H groups in total. The summed E-state index contributed by atoms with van der Waals surface area (Å²) in [6.45, 7) is 13.3. The number of hydrogen-bond donors (Lipinski definition) is 0. The summed E-state index contributed by atoms with van der Waals surface area (Å²) in [7, 11) is 0. The van der Waals surface area contributed by atoms with Crippen molar-refractivity contribution in [3.8, 4) is 11.1 Å². The van der Waals surface area contributed by atoms with Gasteiger partial charge in [0.25, 0.3) is 0 Å². The van der Waals surface area contributed by atoms with Crippen LogP contribution in [0.4, 0.5) is 34.1 Å². The number of aryl methyl sites for hydroxylation is 8. The Morgan fingerprint density at radius 2 is 0.717 bits per heavy atom. The number of para-hydroxylation sites is 2. The topological polar surface area (TPSA) is 6.48 Å². The van der Waals surface area contributed by atoms with E-state index in [4.69, 9.17) is 0 Å². The highest BCUT2D eigenvalue weighted by Gasteiger charge is 2.21. The fourth-order valence-corrected chi connectivity index (χ4v) is 8.50. The zero-order valence-electron chi connectivity index (χ0n) is 35.8. The first-order valence-electron chi connectivity index (χ1n) is 21.1. The molecule has 0 saturated carbocycles. The van der Waals surface area contributed by atoms with Crippen molar-refractivity contribution in [1.82, 2.24) is 0 Å². The Bertz CT molecular complexity index is 2700. The van der Waals surface area contributed by atoms with Gasteiger partial charge in [-0.15, -0.1) is 0 Å². The number of hydrogen-bond acceptors (Lipinski definition) is 2. The van der Waals surface area contributed by atoms with Crippen LogP contribution in [0.3, 0.4) is 0 Å². The zero-order chi connectivity index (χ0) is 41.6. The van der Waals surface area contributed by atoms with Crippen LogP contribution in [0.2, 0.25) is 0 Å². The third kappa shape index (κ3) is 8.75. The minimum absolute atomic E-state index is 1.01. The molecule has 0 saturated heterocycles. The maximum Gasteiger partial charge on any atom is 0.0520 e. The third-order valence-electron chi connectivity index (χ3n) is 11.7. The van der Waals surface area contributed by atoms with Gasteiger partial charge < -0.3 is 9.80 Å². The summed E-state index contributed by atoms with van der Waals surface area (Å²) < 4.78 is 0. The normalized spacial score (nSPS) is 11.2. The maximum absolute atomic E-state index is 2.45. The van der Waals surface area contributed by atoms with Crippen molar-refractivity contribution in [2.75, 3.05) is 9.80 Å². The predicted molar refractivity (Wildman–Crippen MR) is 259 cm³/mol. The Morgan fingerprint density at radius 3 is 1.15 bits per heavy atom. The molecule has 8 rings (SSSR count). The van der Waals surface area contributed by atoms with Gasteiger partial charge in [-0.2, -0.15) is 0 Å². The number of rotatable bonds is 12. The molecule has 0 fully saturated rings. The van der Waals surface area contributed by atoms with Crippen LogP contribution in [0.1, 0.15) is 55.6 Å². The lowest BCUT2D eigenvalue weighted by Gasteiger charge is -2.31. The first-order valence-corrected chi connectivity index (χ1v) is 21.1. The fourth-order valence-electron chi connectivity index (χ4n) is 8.50. The highest BCUT2D eigenvalue weighted by molar-refractivity contribution is 5.86. The van der Waals surface area contributed by atoms with Gasteiger partial charge in [0, 0.05) is 22.7 Å². The van der Waals surface area contributed by atoms with Crippen LogP contribution >= 0.6 is 0 Å². The van der Waals surface area contributed by atoms with Gasteiger partial charge >= 0.3 is 0 Å². The minimum Gasteiger partial charge on any atom is -0.310 e. The molecule has 0 spiro atoms. The second-order valence-corrected chi connectivity index (χ2v) is 16.1. The highest BCUT2D eigenvalue weighted by Crippen LogP contribution is 2.44. The minimum atomic E-state index is 1.01. The summed E-state index contributed by atoms with van der Waals surface area (Å²) in [5.74, 6) is 0. The van der Waals surface area contributed by atoms with E-state index in [-0.39, 0.29) is 0 Å². The van der Waals surface area contributed by atoms with Crippen LogP contribution in [0.15, 0.2) is 182 Å². The van der Waals surface area contributed by atoms with Gasteiger partial charge in [-0.3, -0.25) is 0 Å². The molecule has 0 aromatic heterocycles. The van der Waals surface area contributed by atoms with Gasteiger partial charge in [-0.05, 0) is 170 Å². The van der Waals surface area contributed by atoms with Gasteiger partial charge in [0.15, 0.2) is 0 Å². The van der Waals surface area contributed by atoms with Crippen LogP contribution in [0.25, 0.3) is 23.3 Å². The van der Waals surface area contributed by atoms with Crippen molar-refractivity contribution in [3.63, 3.8) is 0 Å². The number of nitrogens with zero attached hydrogens (tertiary/aromatic N) is 2. The van der Waals surface area contributed by atoms with Crippen molar-refractivity contribution in [1.29, 1.82) is 0 Å². The van der Waals surface area contributed by atoms with Crippen LogP contribution < -0.4 is 9.80 Å². The Balaban J connectivity index is 1.11. The van der Waals surface area contributed by atoms with E-state index in [9.17, 15) is 0 Å². The van der Waals surface area contributed by atoms with Crippen molar-refractivity contribution in [2.45, 2.75) is 54.4 Å². The van der Waals surface area contributed by atoms with E-state index in [1.165, 1.54) is 95.2 Å². The van der Waals surface area contributed by atoms with Crippen LogP contribution in [-0.2, 0) is 12.8 Å². The van der Waals surface area contributed by atoms with E-state index in [0.29, 0.717) is 0 Å². The highest BCUT2D eigenvalue weighted by atomic mass is 15.2. The van der Waals surface area contributed by atoms with E-state index >= 15 is 0 Å². The van der Waals surface area contributed by atoms with Gasteiger partial charge in [0.1, 0.15) is 0 Å². The van der Waals surface area contributed by atoms with Crippen molar-refractivity contribution < 1.29 is 0 Å².